The van der Waals surface area contributed by atoms with Gasteiger partial charge in [0.1, 0.15) is 18.5 Å². The Bertz CT molecular complexity index is 1450. The molecule has 1 aromatic heterocycles. The molecule has 6 rings (SSSR count). The van der Waals surface area contributed by atoms with Crippen molar-refractivity contribution in [3.8, 4) is 22.8 Å². The Labute approximate surface area is 197 Å². The van der Waals surface area contributed by atoms with E-state index in [0.29, 0.717) is 11.3 Å². The molecule has 2 nitrogen and oxygen atoms in total. The van der Waals surface area contributed by atoms with Crippen molar-refractivity contribution in [3.05, 3.63) is 64.8 Å². The number of hydrogen-bond donors (Lipinski definition) is 0. The topological polar surface area (TPSA) is 13.1 Å². The number of fused-ring (bicyclic) bond motifs is 3. The average Bonchev–Trinajstić information content (AvgIpc) is 2.78. The van der Waals surface area contributed by atoms with Crippen LogP contribution in [0.5, 0.6) is 11.5 Å². The molecule has 0 saturated heterocycles. The Balaban J connectivity index is 1.61. The van der Waals surface area contributed by atoms with Crippen molar-refractivity contribution in [1.82, 2.24) is 0 Å². The van der Waals surface area contributed by atoms with E-state index < -0.39 is 0 Å². The maximum atomic E-state index is 6.84. The molecular formula is C31H34NO+. The lowest BCUT2D eigenvalue weighted by Crippen LogP contribution is -2.32. The SMILES string of the molecule is Cc1c2c(c(C)c3c(C)cccc13)Oc1cc(C3CCC(C)(C)CC3)cc3cc[n+](C)c-2c13. The highest BCUT2D eigenvalue weighted by molar-refractivity contribution is 6.07. The van der Waals surface area contributed by atoms with Crippen LogP contribution in [0.25, 0.3) is 32.8 Å². The molecule has 0 atom stereocenters. The summed E-state index contributed by atoms with van der Waals surface area (Å²) in [5.41, 5.74) is 8.32. The van der Waals surface area contributed by atoms with Gasteiger partial charge in [0, 0.05) is 11.6 Å². The van der Waals surface area contributed by atoms with E-state index in [9.17, 15) is 0 Å². The highest BCUT2D eigenvalue weighted by Gasteiger charge is 2.34. The van der Waals surface area contributed by atoms with Gasteiger partial charge in [-0.1, -0.05) is 38.1 Å². The van der Waals surface area contributed by atoms with E-state index in [0.717, 1.165) is 11.5 Å². The Kier molecular flexibility index (Phi) is 4.43. The van der Waals surface area contributed by atoms with Gasteiger partial charge in [-0.25, -0.2) is 4.57 Å². The van der Waals surface area contributed by atoms with Gasteiger partial charge < -0.3 is 4.74 Å². The monoisotopic (exact) mass is 436 g/mol. The summed E-state index contributed by atoms with van der Waals surface area (Å²) in [5, 5.41) is 5.21. The van der Waals surface area contributed by atoms with Crippen molar-refractivity contribution >= 4 is 21.5 Å². The summed E-state index contributed by atoms with van der Waals surface area (Å²) in [6, 6.07) is 13.7. The highest BCUT2D eigenvalue weighted by atomic mass is 16.5. The van der Waals surface area contributed by atoms with Crippen LogP contribution in [0, 0.1) is 26.2 Å². The zero-order chi connectivity index (χ0) is 23.1. The number of nitrogens with zero attached hydrogens (tertiary/aromatic N) is 1. The lowest BCUT2D eigenvalue weighted by atomic mass is 9.71. The molecule has 2 heteroatoms. The third-order valence-electron chi connectivity index (χ3n) is 8.48. The van der Waals surface area contributed by atoms with Gasteiger partial charge in [0.2, 0.25) is 5.69 Å². The summed E-state index contributed by atoms with van der Waals surface area (Å²) in [7, 11) is 2.17. The van der Waals surface area contributed by atoms with Gasteiger partial charge in [0.15, 0.2) is 6.20 Å². The number of hydrogen-bond acceptors (Lipinski definition) is 1. The molecule has 0 radical (unpaired) electrons. The molecule has 0 bridgehead atoms. The lowest BCUT2D eigenvalue weighted by Gasteiger charge is -2.35. The van der Waals surface area contributed by atoms with E-state index in [-0.39, 0.29) is 0 Å². The zero-order valence-corrected chi connectivity index (χ0v) is 20.8. The van der Waals surface area contributed by atoms with E-state index in [1.54, 1.807) is 0 Å². The molecule has 0 amide bonds. The first-order valence-corrected chi connectivity index (χ1v) is 12.4. The van der Waals surface area contributed by atoms with Crippen molar-refractivity contribution in [3.63, 3.8) is 0 Å². The first kappa shape index (κ1) is 20.7. The Morgan fingerprint density at radius 1 is 0.939 bits per heavy atom. The third kappa shape index (κ3) is 3.03. The standard InChI is InChI=1S/C31H34NO/c1-18-8-7-9-24-19(2)27-29-28-22(12-15-32(29)6)16-23(21-10-13-31(4,5)14-11-21)17-25(28)33-30(27)20(3)26(18)24/h7-9,12,15-17,21H,10-11,13-14H2,1-6H3/q+1. The fourth-order valence-corrected chi connectivity index (χ4v) is 6.44. The van der Waals surface area contributed by atoms with Crippen molar-refractivity contribution in [2.45, 2.75) is 66.2 Å². The second-order valence-corrected chi connectivity index (χ2v) is 11.3. The van der Waals surface area contributed by atoms with Crippen LogP contribution >= 0.6 is 0 Å². The zero-order valence-electron chi connectivity index (χ0n) is 20.8. The number of ether oxygens (including phenoxy) is 1. The van der Waals surface area contributed by atoms with Crippen LogP contribution in [0.1, 0.15) is 67.7 Å². The summed E-state index contributed by atoms with van der Waals surface area (Å²) >= 11 is 0. The smallest absolute Gasteiger partial charge is 0.228 e. The minimum atomic E-state index is 0.478. The molecule has 0 spiro atoms. The number of pyridine rings is 1. The highest BCUT2D eigenvalue weighted by Crippen LogP contribution is 2.52. The molecule has 1 aliphatic heterocycles. The molecule has 0 N–H and O–H groups in total. The number of rotatable bonds is 1. The second-order valence-electron chi connectivity index (χ2n) is 11.3. The van der Waals surface area contributed by atoms with Crippen LogP contribution < -0.4 is 9.30 Å². The summed E-state index contributed by atoms with van der Waals surface area (Å²) in [6.07, 6.45) is 7.36. The summed E-state index contributed by atoms with van der Waals surface area (Å²) in [5.74, 6) is 2.69. The Hall–Kier alpha value is -2.87. The summed E-state index contributed by atoms with van der Waals surface area (Å²) in [4.78, 5) is 0. The molecule has 1 aliphatic carbocycles. The summed E-state index contributed by atoms with van der Waals surface area (Å²) < 4.78 is 9.12. The van der Waals surface area contributed by atoms with E-state index in [2.05, 4.69) is 88.8 Å². The summed E-state index contributed by atoms with van der Waals surface area (Å²) in [6.45, 7) is 11.5. The molecule has 3 aromatic carbocycles. The van der Waals surface area contributed by atoms with E-state index in [1.807, 2.05) is 0 Å². The van der Waals surface area contributed by atoms with Crippen LogP contribution in [0.4, 0.5) is 0 Å². The fourth-order valence-electron chi connectivity index (χ4n) is 6.44. The second kappa shape index (κ2) is 7.06. The average molecular weight is 437 g/mol. The van der Waals surface area contributed by atoms with Crippen LogP contribution in [-0.4, -0.2) is 0 Å². The first-order valence-electron chi connectivity index (χ1n) is 12.4. The molecule has 1 fully saturated rings. The van der Waals surface area contributed by atoms with Crippen molar-refractivity contribution in [2.24, 2.45) is 12.5 Å². The maximum absolute atomic E-state index is 6.84. The molecule has 2 aliphatic rings. The van der Waals surface area contributed by atoms with E-state index >= 15 is 0 Å². The fraction of sp³-hybridized carbons (Fsp3) is 0.387. The molecule has 168 valence electrons. The van der Waals surface area contributed by atoms with E-state index in [4.69, 9.17) is 4.74 Å². The van der Waals surface area contributed by atoms with Gasteiger partial charge in [-0.15, -0.1) is 0 Å². The maximum Gasteiger partial charge on any atom is 0.228 e. The normalized spacial score (nSPS) is 17.3. The lowest BCUT2D eigenvalue weighted by molar-refractivity contribution is -0.659. The molecule has 1 saturated carbocycles. The largest absolute Gasteiger partial charge is 0.455 e. The molecule has 2 heterocycles. The quantitative estimate of drug-likeness (QED) is 0.241. The van der Waals surface area contributed by atoms with Crippen molar-refractivity contribution < 1.29 is 9.30 Å². The van der Waals surface area contributed by atoms with Gasteiger partial charge in [-0.2, -0.15) is 0 Å². The van der Waals surface area contributed by atoms with Crippen LogP contribution in [0.3, 0.4) is 0 Å². The van der Waals surface area contributed by atoms with Crippen LogP contribution in [0.2, 0.25) is 0 Å². The van der Waals surface area contributed by atoms with Gasteiger partial charge >= 0.3 is 0 Å². The Morgan fingerprint density at radius 2 is 1.70 bits per heavy atom. The molecule has 33 heavy (non-hydrogen) atoms. The molecule has 0 unspecified atom stereocenters. The number of benzene rings is 3. The van der Waals surface area contributed by atoms with Gasteiger partial charge in [0.05, 0.1) is 10.9 Å². The molecular weight excluding hydrogens is 402 g/mol. The van der Waals surface area contributed by atoms with Gasteiger partial charge in [0.25, 0.3) is 0 Å². The number of aryl methyl sites for hydroxylation is 4. The Morgan fingerprint density at radius 3 is 2.45 bits per heavy atom. The predicted molar refractivity (Wildman–Crippen MR) is 137 cm³/mol. The third-order valence-corrected chi connectivity index (χ3v) is 8.48. The van der Waals surface area contributed by atoms with Crippen molar-refractivity contribution in [2.75, 3.05) is 0 Å². The van der Waals surface area contributed by atoms with Crippen LogP contribution in [-0.2, 0) is 7.05 Å². The minimum Gasteiger partial charge on any atom is -0.455 e. The predicted octanol–water partition coefficient (Wildman–Crippen LogP) is 8.20. The van der Waals surface area contributed by atoms with Gasteiger partial charge in [-0.05, 0) is 96.7 Å². The van der Waals surface area contributed by atoms with E-state index in [1.165, 1.54) is 80.7 Å². The minimum absolute atomic E-state index is 0.478. The van der Waals surface area contributed by atoms with Crippen molar-refractivity contribution in [1.29, 1.82) is 0 Å². The number of aromatic nitrogens is 1. The molecule has 4 aromatic rings. The van der Waals surface area contributed by atoms with Crippen LogP contribution in [0.15, 0.2) is 42.6 Å². The first-order chi connectivity index (χ1) is 15.7. The van der Waals surface area contributed by atoms with Gasteiger partial charge in [-0.3, -0.25) is 0 Å².